The smallest absolute Gasteiger partial charge is 0.0512 e. The lowest BCUT2D eigenvalue weighted by Gasteiger charge is -2.25. The summed E-state index contributed by atoms with van der Waals surface area (Å²) in [6.45, 7) is 3.27. The van der Waals surface area contributed by atoms with Crippen LogP contribution in [-0.2, 0) is 6.54 Å². The largest absolute Gasteiger partial charge is 0.340 e. The predicted molar refractivity (Wildman–Crippen MR) is 137 cm³/mol. The van der Waals surface area contributed by atoms with Crippen LogP contribution in [0.1, 0.15) is 19.8 Å². The summed E-state index contributed by atoms with van der Waals surface area (Å²) in [7, 11) is 0. The number of aryl methyl sites for hydroxylation is 1. The van der Waals surface area contributed by atoms with Gasteiger partial charge in [-0.1, -0.05) is 77.8 Å². The SMILES string of the molecule is CCCCn1c2cc(Br)ccc2c2ccc(N(c3ccccc3)c3ccccc3)cc21. The Balaban J connectivity index is 1.75. The summed E-state index contributed by atoms with van der Waals surface area (Å²) in [5, 5.41) is 2.62. The highest BCUT2D eigenvalue weighted by molar-refractivity contribution is 9.10. The molecule has 1 aromatic heterocycles. The molecule has 0 N–H and O–H groups in total. The lowest BCUT2D eigenvalue weighted by molar-refractivity contribution is 0.665. The molecule has 31 heavy (non-hydrogen) atoms. The molecule has 3 heteroatoms. The van der Waals surface area contributed by atoms with Gasteiger partial charge in [0.05, 0.1) is 11.0 Å². The Labute approximate surface area is 191 Å². The molecular formula is C28H25BrN2. The zero-order valence-corrected chi connectivity index (χ0v) is 19.2. The van der Waals surface area contributed by atoms with Gasteiger partial charge in [-0.2, -0.15) is 0 Å². The Bertz CT molecular complexity index is 1280. The van der Waals surface area contributed by atoms with E-state index in [1.165, 1.54) is 33.9 Å². The van der Waals surface area contributed by atoms with E-state index in [-0.39, 0.29) is 0 Å². The molecule has 1 heterocycles. The molecule has 0 bridgehead atoms. The maximum absolute atomic E-state index is 3.67. The normalized spacial score (nSPS) is 11.3. The van der Waals surface area contributed by atoms with Crippen LogP contribution in [-0.4, -0.2) is 4.57 Å². The number of unbranched alkanes of at least 4 members (excludes halogenated alkanes) is 1. The third kappa shape index (κ3) is 3.75. The Morgan fingerprint density at radius 3 is 1.87 bits per heavy atom. The third-order valence-electron chi connectivity index (χ3n) is 5.84. The summed E-state index contributed by atoms with van der Waals surface area (Å²) < 4.78 is 3.60. The average Bonchev–Trinajstić information content (AvgIpc) is 3.11. The van der Waals surface area contributed by atoms with Crippen LogP contribution in [0.5, 0.6) is 0 Å². The molecule has 0 fully saturated rings. The third-order valence-corrected chi connectivity index (χ3v) is 6.33. The Morgan fingerprint density at radius 1 is 0.677 bits per heavy atom. The number of para-hydroxylation sites is 2. The molecule has 5 rings (SSSR count). The van der Waals surface area contributed by atoms with E-state index in [0.29, 0.717) is 0 Å². The molecule has 0 radical (unpaired) electrons. The van der Waals surface area contributed by atoms with Crippen LogP contribution in [0.4, 0.5) is 17.1 Å². The van der Waals surface area contributed by atoms with Crippen LogP contribution in [0, 0.1) is 0 Å². The van der Waals surface area contributed by atoms with Gasteiger partial charge in [0.25, 0.3) is 0 Å². The van der Waals surface area contributed by atoms with Crippen molar-refractivity contribution in [3.05, 3.63) is 102 Å². The molecule has 0 unspecified atom stereocenters. The number of halogens is 1. The zero-order valence-electron chi connectivity index (χ0n) is 17.6. The maximum atomic E-state index is 3.67. The second kappa shape index (κ2) is 8.60. The van der Waals surface area contributed by atoms with E-state index in [1.54, 1.807) is 0 Å². The van der Waals surface area contributed by atoms with E-state index >= 15 is 0 Å². The minimum absolute atomic E-state index is 1.02. The van der Waals surface area contributed by atoms with Crippen LogP contribution in [0.15, 0.2) is 102 Å². The van der Waals surface area contributed by atoms with Crippen molar-refractivity contribution in [1.82, 2.24) is 4.57 Å². The first-order chi connectivity index (χ1) is 15.3. The monoisotopic (exact) mass is 468 g/mol. The number of anilines is 3. The fourth-order valence-electron chi connectivity index (χ4n) is 4.35. The van der Waals surface area contributed by atoms with Crippen molar-refractivity contribution in [3.63, 3.8) is 0 Å². The van der Waals surface area contributed by atoms with Gasteiger partial charge >= 0.3 is 0 Å². The van der Waals surface area contributed by atoms with Crippen LogP contribution in [0.25, 0.3) is 21.8 Å². The molecule has 154 valence electrons. The zero-order chi connectivity index (χ0) is 21.2. The topological polar surface area (TPSA) is 8.17 Å². The predicted octanol–water partition coefficient (Wildman–Crippen LogP) is 8.83. The molecule has 2 nitrogen and oxygen atoms in total. The van der Waals surface area contributed by atoms with Crippen molar-refractivity contribution < 1.29 is 0 Å². The Kier molecular flexibility index (Phi) is 5.52. The van der Waals surface area contributed by atoms with E-state index in [4.69, 9.17) is 0 Å². The van der Waals surface area contributed by atoms with Crippen molar-refractivity contribution >= 4 is 54.8 Å². The average molecular weight is 469 g/mol. The highest BCUT2D eigenvalue weighted by atomic mass is 79.9. The summed E-state index contributed by atoms with van der Waals surface area (Å²) in [6.07, 6.45) is 2.34. The Hall–Kier alpha value is -3.04. The lowest BCUT2D eigenvalue weighted by atomic mass is 10.1. The maximum Gasteiger partial charge on any atom is 0.0512 e. The summed E-state index contributed by atoms with van der Waals surface area (Å²) in [4.78, 5) is 2.33. The standard InChI is InChI=1S/C28H25BrN2/c1-2-3-18-30-27-19-21(29)14-16-25(27)26-17-15-24(20-28(26)30)31(22-10-6-4-7-11-22)23-12-8-5-9-13-23/h4-17,19-20H,2-3,18H2,1H3. The van der Waals surface area contributed by atoms with E-state index in [1.807, 2.05) is 0 Å². The summed E-state index contributed by atoms with van der Waals surface area (Å²) in [5.74, 6) is 0. The van der Waals surface area contributed by atoms with Gasteiger partial charge in [0.1, 0.15) is 0 Å². The number of rotatable bonds is 6. The minimum Gasteiger partial charge on any atom is -0.340 e. The van der Waals surface area contributed by atoms with Gasteiger partial charge in [-0.05, 0) is 55.0 Å². The Morgan fingerprint density at radius 2 is 1.26 bits per heavy atom. The molecule has 4 aromatic carbocycles. The molecule has 0 amide bonds. The highest BCUT2D eigenvalue weighted by Gasteiger charge is 2.16. The van der Waals surface area contributed by atoms with Gasteiger partial charge < -0.3 is 9.47 Å². The van der Waals surface area contributed by atoms with Crippen LogP contribution in [0.3, 0.4) is 0 Å². The fraction of sp³-hybridized carbons (Fsp3) is 0.143. The first kappa shape index (κ1) is 19.9. The molecular weight excluding hydrogens is 444 g/mol. The van der Waals surface area contributed by atoms with Gasteiger partial charge in [0.15, 0.2) is 0 Å². The molecule has 0 aliphatic heterocycles. The summed E-state index contributed by atoms with van der Waals surface area (Å²) >= 11 is 3.67. The number of nitrogens with zero attached hydrogens (tertiary/aromatic N) is 2. The minimum atomic E-state index is 1.02. The number of hydrogen-bond donors (Lipinski definition) is 0. The van der Waals surface area contributed by atoms with Crippen LogP contribution in [0.2, 0.25) is 0 Å². The van der Waals surface area contributed by atoms with Gasteiger partial charge in [-0.3, -0.25) is 0 Å². The quantitative estimate of drug-likeness (QED) is 0.241. The molecule has 0 aliphatic carbocycles. The molecule has 0 spiro atoms. The molecule has 0 atom stereocenters. The molecule has 0 saturated carbocycles. The first-order valence-corrected chi connectivity index (χ1v) is 11.7. The number of aromatic nitrogens is 1. The molecule has 0 saturated heterocycles. The van der Waals surface area contributed by atoms with E-state index in [9.17, 15) is 0 Å². The summed E-state index contributed by atoms with van der Waals surface area (Å²) in [6, 6.07) is 34.7. The van der Waals surface area contributed by atoms with E-state index < -0.39 is 0 Å². The van der Waals surface area contributed by atoms with Crippen molar-refractivity contribution in [1.29, 1.82) is 0 Å². The highest BCUT2D eigenvalue weighted by Crippen LogP contribution is 2.38. The van der Waals surface area contributed by atoms with Gasteiger partial charge in [-0.25, -0.2) is 0 Å². The van der Waals surface area contributed by atoms with Gasteiger partial charge in [-0.15, -0.1) is 0 Å². The number of benzene rings is 4. The number of fused-ring (bicyclic) bond motifs is 3. The van der Waals surface area contributed by atoms with Crippen LogP contribution < -0.4 is 4.90 Å². The lowest BCUT2D eigenvalue weighted by Crippen LogP contribution is -2.09. The fourth-order valence-corrected chi connectivity index (χ4v) is 4.70. The van der Waals surface area contributed by atoms with Crippen molar-refractivity contribution in [2.75, 3.05) is 4.90 Å². The van der Waals surface area contributed by atoms with E-state index in [0.717, 1.165) is 28.8 Å². The van der Waals surface area contributed by atoms with Gasteiger partial charge in [0.2, 0.25) is 0 Å². The van der Waals surface area contributed by atoms with Crippen LogP contribution >= 0.6 is 15.9 Å². The first-order valence-electron chi connectivity index (χ1n) is 10.9. The molecule has 0 aliphatic rings. The second-order valence-corrected chi connectivity index (χ2v) is 8.79. The van der Waals surface area contributed by atoms with Crippen molar-refractivity contribution in [2.24, 2.45) is 0 Å². The van der Waals surface area contributed by atoms with E-state index in [2.05, 4.69) is 129 Å². The molecule has 5 aromatic rings. The van der Waals surface area contributed by atoms with Crippen molar-refractivity contribution in [3.8, 4) is 0 Å². The second-order valence-electron chi connectivity index (χ2n) is 7.87. The number of hydrogen-bond acceptors (Lipinski definition) is 1. The summed E-state index contributed by atoms with van der Waals surface area (Å²) in [5.41, 5.74) is 6.07. The van der Waals surface area contributed by atoms with Gasteiger partial charge in [0, 0.05) is 38.9 Å². The van der Waals surface area contributed by atoms with Crippen molar-refractivity contribution in [2.45, 2.75) is 26.3 Å².